The number of nitrogens with zero attached hydrogens (tertiary/aromatic N) is 6. The van der Waals surface area contributed by atoms with E-state index in [1.165, 1.54) is 13.1 Å². The van der Waals surface area contributed by atoms with Gasteiger partial charge in [-0.3, -0.25) is 14.4 Å². The molecule has 0 saturated carbocycles. The molecule has 0 radical (unpaired) electrons. The van der Waals surface area contributed by atoms with Gasteiger partial charge in [0.25, 0.3) is 0 Å². The lowest BCUT2D eigenvalue weighted by Gasteiger charge is -2.49. The van der Waals surface area contributed by atoms with E-state index in [0.717, 1.165) is 43.4 Å². The highest BCUT2D eigenvalue weighted by Crippen LogP contribution is 2.49. The first-order valence-corrected chi connectivity index (χ1v) is 7.10. The molecular weight excluding hydrogens is 264 g/mol. The molecule has 1 aromatic heterocycles. The Morgan fingerprint density at radius 1 is 1.21 bits per heavy atom. The van der Waals surface area contributed by atoms with E-state index in [1.807, 2.05) is 0 Å². The van der Waals surface area contributed by atoms with Crippen molar-refractivity contribution in [2.45, 2.75) is 12.2 Å². The summed E-state index contributed by atoms with van der Waals surface area (Å²) in [6.45, 7) is 7.81. The van der Waals surface area contributed by atoms with E-state index >= 15 is 0 Å². The lowest BCUT2D eigenvalue weighted by atomic mass is 10.0. The molecule has 5 heterocycles. The summed E-state index contributed by atoms with van der Waals surface area (Å²) in [6, 6.07) is 0. The smallest absolute Gasteiger partial charge is 0.156 e. The van der Waals surface area contributed by atoms with Crippen LogP contribution in [0, 0.1) is 0 Å². The second-order valence-electron chi connectivity index (χ2n) is 6.41. The first-order chi connectivity index (χ1) is 9.19. The zero-order valence-electron chi connectivity index (χ0n) is 10.7. The van der Waals surface area contributed by atoms with Gasteiger partial charge in [-0.05, 0) is 0 Å². The van der Waals surface area contributed by atoms with Crippen molar-refractivity contribution in [3.05, 3.63) is 23.2 Å². The van der Waals surface area contributed by atoms with Crippen LogP contribution >= 0.6 is 11.6 Å². The van der Waals surface area contributed by atoms with Crippen molar-refractivity contribution in [1.82, 2.24) is 24.7 Å². The first-order valence-electron chi connectivity index (χ1n) is 6.72. The van der Waals surface area contributed by atoms with Crippen molar-refractivity contribution in [2.24, 2.45) is 0 Å². The van der Waals surface area contributed by atoms with E-state index in [-0.39, 0.29) is 0 Å². The van der Waals surface area contributed by atoms with Crippen LogP contribution in [0.3, 0.4) is 0 Å². The predicted octanol–water partition coefficient (Wildman–Crippen LogP) is -0.0665. The third kappa shape index (κ3) is 1.26. The summed E-state index contributed by atoms with van der Waals surface area (Å²) >= 11 is 6.19. The number of hydrogen-bond acceptors (Lipinski definition) is 5. The number of fused-ring (bicyclic) bond motifs is 2. The van der Waals surface area contributed by atoms with Crippen molar-refractivity contribution in [3.63, 3.8) is 0 Å². The van der Waals surface area contributed by atoms with Gasteiger partial charge in [-0.2, -0.15) is 0 Å². The molecule has 5 rings (SSSR count). The Kier molecular flexibility index (Phi) is 1.88. The maximum absolute atomic E-state index is 6.19. The molecule has 0 aromatic carbocycles. The third-order valence-electron chi connectivity index (χ3n) is 5.13. The summed E-state index contributed by atoms with van der Waals surface area (Å²) in [5, 5.41) is 0.562. The topological polar surface area (TPSA) is 35.5 Å². The fraction of sp³-hybridized carbons (Fsp3) is 0.667. The lowest BCUT2D eigenvalue weighted by molar-refractivity contribution is -0.946. The van der Waals surface area contributed by atoms with Gasteiger partial charge in [0, 0.05) is 18.9 Å². The van der Waals surface area contributed by atoms with Gasteiger partial charge in [0.1, 0.15) is 37.8 Å². The van der Waals surface area contributed by atoms with Crippen LogP contribution in [0.4, 0.5) is 0 Å². The fourth-order valence-electron chi connectivity index (χ4n) is 4.54. The quantitative estimate of drug-likeness (QED) is 0.709. The zero-order valence-corrected chi connectivity index (χ0v) is 11.4. The van der Waals surface area contributed by atoms with Crippen LogP contribution in [0.5, 0.6) is 0 Å². The van der Waals surface area contributed by atoms with Crippen molar-refractivity contribution in [3.8, 4) is 0 Å². The summed E-state index contributed by atoms with van der Waals surface area (Å²) < 4.78 is 1.06. The summed E-state index contributed by atoms with van der Waals surface area (Å²) in [5.41, 5.74) is 1.27. The van der Waals surface area contributed by atoms with E-state index in [0.29, 0.717) is 10.8 Å². The summed E-state index contributed by atoms with van der Waals surface area (Å²) in [5.74, 6) is 0. The highest BCUT2D eigenvalue weighted by atomic mass is 35.5. The molecule has 6 nitrogen and oxygen atoms in total. The molecular formula is C12H16ClN6+. The predicted molar refractivity (Wildman–Crippen MR) is 68.5 cm³/mol. The SMILES string of the molecule is Clc1nccnc1C[N+]12CN3CN4CN(C1)C4(C3)C2. The van der Waals surface area contributed by atoms with Crippen LogP contribution in [0.2, 0.25) is 5.15 Å². The maximum Gasteiger partial charge on any atom is 0.156 e. The maximum atomic E-state index is 6.19. The van der Waals surface area contributed by atoms with E-state index in [9.17, 15) is 0 Å². The normalized spacial score (nSPS) is 43.5. The van der Waals surface area contributed by atoms with Crippen molar-refractivity contribution >= 4 is 11.6 Å². The van der Waals surface area contributed by atoms with Crippen molar-refractivity contribution in [2.75, 3.05) is 39.8 Å². The molecule has 3 unspecified atom stereocenters. The molecule has 3 bridgehead atoms. The average Bonchev–Trinajstić information content (AvgIpc) is 2.69. The molecule has 19 heavy (non-hydrogen) atoms. The minimum atomic E-state index is 0.326. The largest absolute Gasteiger partial charge is 0.291 e. The third-order valence-corrected chi connectivity index (χ3v) is 5.45. The monoisotopic (exact) mass is 279 g/mol. The van der Waals surface area contributed by atoms with Crippen LogP contribution < -0.4 is 0 Å². The fourth-order valence-corrected chi connectivity index (χ4v) is 4.70. The number of hydrogen-bond donors (Lipinski definition) is 0. The Labute approximate surface area is 116 Å². The Morgan fingerprint density at radius 3 is 3.00 bits per heavy atom. The number of halogens is 1. The number of rotatable bonds is 2. The molecule has 1 spiro atoms. The number of aromatic nitrogens is 2. The van der Waals surface area contributed by atoms with Gasteiger partial charge in [-0.1, -0.05) is 11.6 Å². The van der Waals surface area contributed by atoms with Crippen molar-refractivity contribution < 1.29 is 4.48 Å². The van der Waals surface area contributed by atoms with Crippen LogP contribution in [0.25, 0.3) is 0 Å². The van der Waals surface area contributed by atoms with Gasteiger partial charge in [-0.25, -0.2) is 14.8 Å². The molecule has 4 aliphatic rings. The molecule has 1 aromatic rings. The van der Waals surface area contributed by atoms with Gasteiger partial charge < -0.3 is 0 Å². The van der Waals surface area contributed by atoms with Gasteiger partial charge in [0.15, 0.2) is 5.15 Å². The lowest BCUT2D eigenvalue weighted by Crippen LogP contribution is -2.71. The van der Waals surface area contributed by atoms with Gasteiger partial charge in [0.05, 0.1) is 13.3 Å². The molecule has 4 aliphatic heterocycles. The Morgan fingerprint density at radius 2 is 2.11 bits per heavy atom. The highest BCUT2D eigenvalue weighted by molar-refractivity contribution is 6.29. The van der Waals surface area contributed by atoms with Crippen LogP contribution in [0.1, 0.15) is 5.69 Å². The molecule has 4 saturated heterocycles. The summed E-state index contributed by atoms with van der Waals surface area (Å²) in [4.78, 5) is 16.4. The van der Waals surface area contributed by atoms with Crippen LogP contribution in [-0.2, 0) is 6.54 Å². The minimum absolute atomic E-state index is 0.326. The molecule has 4 fully saturated rings. The van der Waals surface area contributed by atoms with Crippen LogP contribution in [0.15, 0.2) is 12.4 Å². The molecule has 7 heteroatoms. The van der Waals surface area contributed by atoms with Gasteiger partial charge >= 0.3 is 0 Å². The summed E-state index contributed by atoms with van der Waals surface area (Å²) in [7, 11) is 0. The first kappa shape index (κ1) is 10.9. The Balaban J connectivity index is 1.52. The standard InChI is InChI=1S/C12H16ClN6/c13-11-10(14-1-2-15-11)3-19-5-12-4-16(8-19)6-17(12)7-18(12)9-19/h1-2H,3-9H2/q+1. The zero-order chi connectivity index (χ0) is 12.7. The second-order valence-corrected chi connectivity index (χ2v) is 6.77. The highest BCUT2D eigenvalue weighted by Gasteiger charge is 2.71. The summed E-state index contributed by atoms with van der Waals surface area (Å²) in [6.07, 6.45) is 3.40. The molecule has 3 atom stereocenters. The Hall–Kier alpha value is -0.790. The van der Waals surface area contributed by atoms with Crippen molar-refractivity contribution in [1.29, 1.82) is 0 Å². The molecule has 0 N–H and O–H groups in total. The van der Waals surface area contributed by atoms with E-state index in [4.69, 9.17) is 11.6 Å². The number of quaternary nitrogens is 1. The second kappa shape index (κ2) is 3.27. The minimum Gasteiger partial charge on any atom is -0.291 e. The van der Waals surface area contributed by atoms with E-state index in [1.54, 1.807) is 12.4 Å². The Bertz CT molecular complexity index is 563. The van der Waals surface area contributed by atoms with E-state index in [2.05, 4.69) is 24.7 Å². The molecule has 0 aliphatic carbocycles. The van der Waals surface area contributed by atoms with Crippen LogP contribution in [-0.4, -0.2) is 74.6 Å². The molecule has 100 valence electrons. The van der Waals surface area contributed by atoms with Gasteiger partial charge in [0.2, 0.25) is 0 Å². The van der Waals surface area contributed by atoms with Gasteiger partial charge in [-0.15, -0.1) is 0 Å². The van der Waals surface area contributed by atoms with E-state index < -0.39 is 0 Å². The molecule has 0 amide bonds. The average molecular weight is 280 g/mol.